The summed E-state index contributed by atoms with van der Waals surface area (Å²) in [5, 5.41) is 5.66. The summed E-state index contributed by atoms with van der Waals surface area (Å²) in [4.78, 5) is 12.3. The normalized spacial score (nSPS) is 11.9. The molecular formula is C19H16ClNO2. The molecule has 0 unspecified atom stereocenters. The minimum atomic E-state index is -0.625. The van der Waals surface area contributed by atoms with E-state index in [4.69, 9.17) is 16.3 Å². The van der Waals surface area contributed by atoms with Gasteiger partial charge in [-0.05, 0) is 48.0 Å². The molecule has 0 aliphatic carbocycles. The molecule has 0 saturated carbocycles. The molecule has 0 aliphatic rings. The Kier molecular flexibility index (Phi) is 4.49. The number of carbonyl (C=O) groups is 1. The number of fused-ring (bicyclic) bond motifs is 1. The Morgan fingerprint density at radius 3 is 2.57 bits per heavy atom. The summed E-state index contributed by atoms with van der Waals surface area (Å²) < 4.78 is 5.62. The van der Waals surface area contributed by atoms with Crippen molar-refractivity contribution >= 4 is 34.0 Å². The third-order valence-corrected chi connectivity index (χ3v) is 3.73. The predicted octanol–water partition coefficient (Wildman–Crippen LogP) is 4.90. The summed E-state index contributed by atoms with van der Waals surface area (Å²) in [5.74, 6) is 0.360. The second-order valence-electron chi connectivity index (χ2n) is 5.27. The van der Waals surface area contributed by atoms with Gasteiger partial charge in [0.25, 0.3) is 5.91 Å². The average Bonchev–Trinajstić information content (AvgIpc) is 2.54. The molecule has 116 valence electrons. The van der Waals surface area contributed by atoms with Crippen LogP contribution in [-0.2, 0) is 4.79 Å². The molecule has 3 aromatic carbocycles. The van der Waals surface area contributed by atoms with Crippen molar-refractivity contribution in [2.75, 3.05) is 5.32 Å². The smallest absolute Gasteiger partial charge is 0.265 e. The van der Waals surface area contributed by atoms with Crippen molar-refractivity contribution in [2.24, 2.45) is 0 Å². The fraction of sp³-hybridized carbons (Fsp3) is 0.105. The van der Waals surface area contributed by atoms with Crippen LogP contribution in [0.3, 0.4) is 0 Å². The first kappa shape index (κ1) is 15.4. The summed E-state index contributed by atoms with van der Waals surface area (Å²) >= 11 is 5.91. The fourth-order valence-corrected chi connectivity index (χ4v) is 2.49. The maximum Gasteiger partial charge on any atom is 0.265 e. The maximum absolute atomic E-state index is 12.3. The topological polar surface area (TPSA) is 38.3 Å². The third kappa shape index (κ3) is 3.82. The van der Waals surface area contributed by atoms with E-state index >= 15 is 0 Å². The van der Waals surface area contributed by atoms with Crippen LogP contribution in [0.1, 0.15) is 6.92 Å². The highest BCUT2D eigenvalue weighted by Crippen LogP contribution is 2.21. The number of hydrogen-bond donors (Lipinski definition) is 1. The number of rotatable bonds is 4. The minimum Gasteiger partial charge on any atom is -0.481 e. The Morgan fingerprint density at radius 2 is 1.78 bits per heavy atom. The van der Waals surface area contributed by atoms with Gasteiger partial charge in [-0.25, -0.2) is 0 Å². The zero-order chi connectivity index (χ0) is 16.2. The zero-order valence-electron chi connectivity index (χ0n) is 12.6. The number of anilines is 1. The van der Waals surface area contributed by atoms with Gasteiger partial charge in [-0.15, -0.1) is 0 Å². The van der Waals surface area contributed by atoms with Crippen LogP contribution < -0.4 is 10.1 Å². The fourth-order valence-electron chi connectivity index (χ4n) is 2.31. The second-order valence-corrected chi connectivity index (χ2v) is 5.71. The molecule has 0 spiro atoms. The van der Waals surface area contributed by atoms with Crippen molar-refractivity contribution in [1.82, 2.24) is 0 Å². The summed E-state index contributed by atoms with van der Waals surface area (Å²) in [6.45, 7) is 1.71. The van der Waals surface area contributed by atoms with Crippen molar-refractivity contribution in [3.63, 3.8) is 0 Å². The van der Waals surface area contributed by atoms with Gasteiger partial charge in [0.05, 0.1) is 0 Å². The van der Waals surface area contributed by atoms with E-state index in [1.807, 2.05) is 42.5 Å². The Labute approximate surface area is 139 Å². The molecule has 0 aliphatic heterocycles. The van der Waals surface area contributed by atoms with Crippen molar-refractivity contribution in [1.29, 1.82) is 0 Å². The molecular weight excluding hydrogens is 310 g/mol. The van der Waals surface area contributed by atoms with Crippen LogP contribution in [0.5, 0.6) is 5.75 Å². The molecule has 0 saturated heterocycles. The molecule has 0 aromatic heterocycles. The van der Waals surface area contributed by atoms with Crippen LogP contribution in [0.4, 0.5) is 5.69 Å². The molecule has 4 heteroatoms. The van der Waals surface area contributed by atoms with Crippen LogP contribution in [0.2, 0.25) is 5.02 Å². The number of amides is 1. The Bertz CT molecular complexity index is 847. The van der Waals surface area contributed by atoms with Crippen molar-refractivity contribution < 1.29 is 9.53 Å². The largest absolute Gasteiger partial charge is 0.481 e. The molecule has 23 heavy (non-hydrogen) atoms. The molecule has 1 atom stereocenters. The molecule has 3 nitrogen and oxygen atoms in total. The lowest BCUT2D eigenvalue weighted by Gasteiger charge is -2.15. The predicted molar refractivity (Wildman–Crippen MR) is 94.1 cm³/mol. The lowest BCUT2D eigenvalue weighted by Crippen LogP contribution is -2.30. The number of halogens is 1. The standard InChI is InChI=1S/C19H16ClNO2/c1-13(23-18-8-4-7-16(20)12-18)19(22)21-17-10-9-14-5-2-3-6-15(14)11-17/h2-13H,1H3,(H,21,22)/t13-/m1/s1. The van der Waals surface area contributed by atoms with E-state index in [9.17, 15) is 4.79 Å². The average molecular weight is 326 g/mol. The molecule has 0 bridgehead atoms. The van der Waals surface area contributed by atoms with Crippen LogP contribution in [-0.4, -0.2) is 12.0 Å². The van der Waals surface area contributed by atoms with Crippen LogP contribution in [0.25, 0.3) is 10.8 Å². The van der Waals surface area contributed by atoms with Gasteiger partial charge < -0.3 is 10.1 Å². The van der Waals surface area contributed by atoms with Crippen LogP contribution in [0, 0.1) is 0 Å². The van der Waals surface area contributed by atoms with Crippen LogP contribution >= 0.6 is 11.6 Å². The number of benzene rings is 3. The van der Waals surface area contributed by atoms with Gasteiger partial charge in [-0.1, -0.05) is 48.0 Å². The highest BCUT2D eigenvalue weighted by atomic mass is 35.5. The lowest BCUT2D eigenvalue weighted by molar-refractivity contribution is -0.122. The van der Waals surface area contributed by atoms with E-state index in [-0.39, 0.29) is 5.91 Å². The molecule has 1 amide bonds. The summed E-state index contributed by atoms with van der Waals surface area (Å²) in [6, 6.07) is 20.8. The molecule has 3 rings (SSSR count). The summed E-state index contributed by atoms with van der Waals surface area (Å²) in [5.41, 5.74) is 0.746. The van der Waals surface area contributed by atoms with Crippen molar-refractivity contribution in [2.45, 2.75) is 13.0 Å². The van der Waals surface area contributed by atoms with Gasteiger partial charge in [0, 0.05) is 10.7 Å². The van der Waals surface area contributed by atoms with E-state index in [1.54, 1.807) is 31.2 Å². The number of nitrogens with one attached hydrogen (secondary N) is 1. The first-order valence-corrected chi connectivity index (χ1v) is 7.71. The molecule has 3 aromatic rings. The van der Waals surface area contributed by atoms with E-state index < -0.39 is 6.10 Å². The molecule has 1 N–H and O–H groups in total. The lowest BCUT2D eigenvalue weighted by atomic mass is 10.1. The van der Waals surface area contributed by atoms with Gasteiger partial charge in [0.15, 0.2) is 6.10 Å². The van der Waals surface area contributed by atoms with Gasteiger partial charge in [0.2, 0.25) is 0 Å². The first-order valence-electron chi connectivity index (χ1n) is 7.34. The quantitative estimate of drug-likeness (QED) is 0.741. The monoisotopic (exact) mass is 325 g/mol. The van der Waals surface area contributed by atoms with Gasteiger partial charge >= 0.3 is 0 Å². The van der Waals surface area contributed by atoms with Crippen molar-refractivity contribution in [3.8, 4) is 5.75 Å². The van der Waals surface area contributed by atoms with E-state index in [0.29, 0.717) is 10.8 Å². The van der Waals surface area contributed by atoms with Gasteiger partial charge in [-0.3, -0.25) is 4.79 Å². The van der Waals surface area contributed by atoms with E-state index in [2.05, 4.69) is 5.32 Å². The SMILES string of the molecule is C[C@@H](Oc1cccc(Cl)c1)C(=O)Nc1ccc2ccccc2c1. The first-order chi connectivity index (χ1) is 11.1. The number of carbonyl (C=O) groups excluding carboxylic acids is 1. The highest BCUT2D eigenvalue weighted by Gasteiger charge is 2.15. The van der Waals surface area contributed by atoms with E-state index in [0.717, 1.165) is 16.5 Å². The molecule has 0 fully saturated rings. The number of ether oxygens (including phenoxy) is 1. The summed E-state index contributed by atoms with van der Waals surface area (Å²) in [7, 11) is 0. The zero-order valence-corrected chi connectivity index (χ0v) is 13.4. The third-order valence-electron chi connectivity index (χ3n) is 3.50. The van der Waals surface area contributed by atoms with Crippen LogP contribution in [0.15, 0.2) is 66.7 Å². The minimum absolute atomic E-state index is 0.208. The van der Waals surface area contributed by atoms with Gasteiger partial charge in [-0.2, -0.15) is 0 Å². The van der Waals surface area contributed by atoms with Gasteiger partial charge in [0.1, 0.15) is 5.75 Å². The number of hydrogen-bond acceptors (Lipinski definition) is 2. The Morgan fingerprint density at radius 1 is 1.00 bits per heavy atom. The Balaban J connectivity index is 1.69. The van der Waals surface area contributed by atoms with Crippen molar-refractivity contribution in [3.05, 3.63) is 71.8 Å². The maximum atomic E-state index is 12.3. The summed E-state index contributed by atoms with van der Waals surface area (Å²) in [6.07, 6.45) is -0.625. The molecule has 0 radical (unpaired) electrons. The Hall–Kier alpha value is -2.52. The highest BCUT2D eigenvalue weighted by molar-refractivity contribution is 6.30. The molecule has 0 heterocycles. The second kappa shape index (κ2) is 6.71. The van der Waals surface area contributed by atoms with E-state index in [1.165, 1.54) is 0 Å².